The average molecular weight is 487 g/mol. The second-order valence-electron chi connectivity index (χ2n) is 9.04. The van der Waals surface area contributed by atoms with Crippen molar-refractivity contribution in [2.75, 3.05) is 48.9 Å². The zero-order valence-electron chi connectivity index (χ0n) is 21.1. The Kier molecular flexibility index (Phi) is 8.60. The van der Waals surface area contributed by atoms with E-state index in [1.165, 1.54) is 0 Å². The van der Waals surface area contributed by atoms with Gasteiger partial charge in [0, 0.05) is 50.6 Å². The van der Waals surface area contributed by atoms with Crippen molar-refractivity contribution in [3.63, 3.8) is 0 Å². The highest BCUT2D eigenvalue weighted by molar-refractivity contribution is 7.92. The highest BCUT2D eigenvalue weighted by Gasteiger charge is 2.25. The average Bonchev–Trinajstić information content (AvgIpc) is 2.78. The number of anilines is 2. The quantitative estimate of drug-likeness (QED) is 0.558. The van der Waals surface area contributed by atoms with Crippen LogP contribution in [0.1, 0.15) is 53.7 Å². The van der Waals surface area contributed by atoms with Crippen molar-refractivity contribution in [3.05, 3.63) is 52.6 Å². The van der Waals surface area contributed by atoms with Gasteiger partial charge in [0.2, 0.25) is 0 Å². The van der Waals surface area contributed by atoms with Gasteiger partial charge >= 0.3 is 0 Å². The van der Waals surface area contributed by atoms with Gasteiger partial charge in [-0.2, -0.15) is 0 Å². The molecule has 1 saturated heterocycles. The Labute approximate surface area is 204 Å². The summed E-state index contributed by atoms with van der Waals surface area (Å²) in [6.45, 7) is 14.2. The molecule has 0 saturated carbocycles. The van der Waals surface area contributed by atoms with Gasteiger partial charge in [-0.25, -0.2) is 8.42 Å². The van der Waals surface area contributed by atoms with Crippen LogP contribution >= 0.6 is 0 Å². The largest absolute Gasteiger partial charge is 0.368 e. The van der Waals surface area contributed by atoms with E-state index < -0.39 is 10.0 Å². The third-order valence-corrected chi connectivity index (χ3v) is 7.95. The van der Waals surface area contributed by atoms with Crippen LogP contribution < -0.4 is 14.9 Å². The van der Waals surface area contributed by atoms with Gasteiger partial charge in [0.15, 0.2) is 0 Å². The third-order valence-electron chi connectivity index (χ3n) is 6.26. The number of nitrogens with zero attached hydrogens (tertiary/aromatic N) is 2. The van der Waals surface area contributed by atoms with Gasteiger partial charge in [0.1, 0.15) is 0 Å². The molecule has 1 aliphatic heterocycles. The molecular formula is C26H38N4O3S. The summed E-state index contributed by atoms with van der Waals surface area (Å²) in [5, 5.41) is 3.34. The summed E-state index contributed by atoms with van der Waals surface area (Å²) in [5.74, 6) is -0.0618. The fourth-order valence-electron chi connectivity index (χ4n) is 4.67. The molecule has 0 unspecified atom stereocenters. The molecule has 8 heteroatoms. The van der Waals surface area contributed by atoms with Crippen molar-refractivity contribution >= 4 is 27.3 Å². The van der Waals surface area contributed by atoms with Crippen LogP contribution in [0.4, 0.5) is 11.4 Å². The molecule has 0 radical (unpaired) electrons. The summed E-state index contributed by atoms with van der Waals surface area (Å²) >= 11 is 0. The molecule has 0 bridgehead atoms. The molecule has 7 nitrogen and oxygen atoms in total. The van der Waals surface area contributed by atoms with Crippen molar-refractivity contribution in [2.45, 2.75) is 52.4 Å². The van der Waals surface area contributed by atoms with Crippen LogP contribution in [0.3, 0.4) is 0 Å². The number of aryl methyl sites for hydroxylation is 3. The van der Waals surface area contributed by atoms with Gasteiger partial charge < -0.3 is 15.1 Å². The first-order chi connectivity index (χ1) is 16.2. The highest BCUT2D eigenvalue weighted by atomic mass is 32.2. The van der Waals surface area contributed by atoms with E-state index >= 15 is 0 Å². The van der Waals surface area contributed by atoms with Crippen molar-refractivity contribution < 1.29 is 13.2 Å². The highest BCUT2D eigenvalue weighted by Crippen LogP contribution is 2.29. The Hall–Kier alpha value is -2.58. The summed E-state index contributed by atoms with van der Waals surface area (Å²) in [6, 6.07) is 9.07. The van der Waals surface area contributed by atoms with Gasteiger partial charge in [-0.3, -0.25) is 9.52 Å². The van der Waals surface area contributed by atoms with Crippen molar-refractivity contribution in [1.29, 1.82) is 0 Å². The van der Waals surface area contributed by atoms with E-state index in [-0.39, 0.29) is 10.8 Å². The smallest absolute Gasteiger partial charge is 0.262 e. The van der Waals surface area contributed by atoms with Gasteiger partial charge in [0.25, 0.3) is 15.9 Å². The molecule has 1 aliphatic rings. The first-order valence-electron chi connectivity index (χ1n) is 12.2. The van der Waals surface area contributed by atoms with Crippen LogP contribution in [0, 0.1) is 20.8 Å². The molecule has 34 heavy (non-hydrogen) atoms. The predicted octanol–water partition coefficient (Wildman–Crippen LogP) is 4.08. The summed E-state index contributed by atoms with van der Waals surface area (Å²) < 4.78 is 29.4. The molecule has 0 aromatic heterocycles. The number of amides is 1. The summed E-state index contributed by atoms with van der Waals surface area (Å²) in [7, 11) is -3.81. The maximum Gasteiger partial charge on any atom is 0.262 e. The number of carbonyl (C=O) groups excluding carboxylic acids is 1. The van der Waals surface area contributed by atoms with Crippen LogP contribution in [0.15, 0.2) is 35.2 Å². The molecule has 1 fully saturated rings. The lowest BCUT2D eigenvalue weighted by atomic mass is 10.1. The maximum absolute atomic E-state index is 13.6. The molecule has 2 aromatic carbocycles. The van der Waals surface area contributed by atoms with Crippen LogP contribution in [0.2, 0.25) is 0 Å². The summed E-state index contributed by atoms with van der Waals surface area (Å²) in [6.07, 6.45) is 1.93. The number of piperazine rings is 1. The minimum absolute atomic E-state index is 0.0618. The SMILES string of the molecule is CCCCN(CC)C(=O)c1cc(NS(=O)(=O)c2c(C)cc(C)cc2C)ccc1N1CCNCC1. The predicted molar refractivity (Wildman–Crippen MR) is 139 cm³/mol. The number of nitrogens with one attached hydrogen (secondary N) is 2. The Balaban J connectivity index is 2.01. The standard InChI is InChI=1S/C26H38N4O3S/c1-6-8-13-29(7-2)26(31)23-18-22(9-10-24(23)30-14-11-27-12-15-30)28-34(32,33)25-20(4)16-19(3)17-21(25)5/h9-10,16-18,27-28H,6-8,11-15H2,1-5H3. The molecule has 2 N–H and O–H groups in total. The van der Waals surface area contributed by atoms with Crippen molar-refractivity contribution in [3.8, 4) is 0 Å². The van der Waals surface area contributed by atoms with Crippen LogP contribution in [-0.4, -0.2) is 58.5 Å². The van der Waals surface area contributed by atoms with Crippen LogP contribution in [0.25, 0.3) is 0 Å². The Bertz CT molecular complexity index is 1100. The second kappa shape index (κ2) is 11.2. The first-order valence-corrected chi connectivity index (χ1v) is 13.7. The van der Waals surface area contributed by atoms with E-state index in [2.05, 4.69) is 21.9 Å². The van der Waals surface area contributed by atoms with Crippen LogP contribution in [0.5, 0.6) is 0 Å². The second-order valence-corrected chi connectivity index (χ2v) is 10.7. The van der Waals surface area contributed by atoms with Gasteiger partial charge in [-0.1, -0.05) is 31.0 Å². The fourth-order valence-corrected chi connectivity index (χ4v) is 6.18. The van der Waals surface area contributed by atoms with Crippen LogP contribution in [-0.2, 0) is 10.0 Å². The Morgan fingerprint density at radius 3 is 2.29 bits per heavy atom. The number of sulfonamides is 1. The Morgan fingerprint density at radius 1 is 1.06 bits per heavy atom. The van der Waals surface area contributed by atoms with E-state index in [9.17, 15) is 13.2 Å². The monoisotopic (exact) mass is 486 g/mol. The number of rotatable bonds is 9. The zero-order chi connectivity index (χ0) is 24.9. The lowest BCUT2D eigenvalue weighted by Crippen LogP contribution is -2.44. The molecule has 0 atom stereocenters. The minimum atomic E-state index is -3.81. The van der Waals surface area contributed by atoms with Crippen molar-refractivity contribution in [2.24, 2.45) is 0 Å². The minimum Gasteiger partial charge on any atom is -0.368 e. The molecule has 1 heterocycles. The fraction of sp³-hybridized carbons (Fsp3) is 0.500. The number of unbranched alkanes of at least 4 members (excludes halogenated alkanes) is 1. The number of hydrogen-bond acceptors (Lipinski definition) is 5. The third kappa shape index (κ3) is 5.91. The summed E-state index contributed by atoms with van der Waals surface area (Å²) in [5.41, 5.74) is 4.22. The molecule has 2 aromatic rings. The molecular weight excluding hydrogens is 448 g/mol. The van der Waals surface area contributed by atoms with Crippen molar-refractivity contribution in [1.82, 2.24) is 10.2 Å². The van der Waals surface area contributed by atoms with E-state index in [0.29, 0.717) is 35.5 Å². The first kappa shape index (κ1) is 26.0. The molecule has 0 aliphatic carbocycles. The molecule has 1 amide bonds. The number of carbonyl (C=O) groups is 1. The molecule has 0 spiro atoms. The van der Waals surface area contributed by atoms with E-state index in [1.807, 2.05) is 50.8 Å². The van der Waals surface area contributed by atoms with E-state index in [0.717, 1.165) is 50.3 Å². The van der Waals surface area contributed by atoms with E-state index in [1.54, 1.807) is 12.1 Å². The number of hydrogen-bond donors (Lipinski definition) is 2. The van der Waals surface area contributed by atoms with Gasteiger partial charge in [-0.15, -0.1) is 0 Å². The van der Waals surface area contributed by atoms with Gasteiger partial charge in [-0.05, 0) is 63.4 Å². The topological polar surface area (TPSA) is 81.8 Å². The normalized spacial score (nSPS) is 14.2. The molecule has 3 rings (SSSR count). The summed E-state index contributed by atoms with van der Waals surface area (Å²) in [4.78, 5) is 17.9. The van der Waals surface area contributed by atoms with E-state index in [4.69, 9.17) is 0 Å². The lowest BCUT2D eigenvalue weighted by Gasteiger charge is -2.32. The molecule has 186 valence electrons. The number of benzene rings is 2. The van der Waals surface area contributed by atoms with Gasteiger partial charge in [0.05, 0.1) is 10.5 Å². The zero-order valence-corrected chi connectivity index (χ0v) is 21.9. The maximum atomic E-state index is 13.6. The Morgan fingerprint density at radius 2 is 1.71 bits per heavy atom. The lowest BCUT2D eigenvalue weighted by molar-refractivity contribution is 0.0763.